The molecule has 0 saturated heterocycles. The molecular weight excluding hydrogens is 551 g/mol. The van der Waals surface area contributed by atoms with E-state index in [9.17, 15) is 0 Å². The number of unbranched alkanes of at least 4 members (excludes halogenated alkanes) is 3. The molecule has 0 unspecified atom stereocenters. The van der Waals surface area contributed by atoms with Gasteiger partial charge in [0, 0.05) is 0 Å². The second-order valence-electron chi connectivity index (χ2n) is 11.2. The Hall–Kier alpha value is 0.0256. The van der Waals surface area contributed by atoms with Crippen molar-refractivity contribution in [2.75, 3.05) is 6.61 Å². The third-order valence-corrected chi connectivity index (χ3v) is 26.1. The van der Waals surface area contributed by atoms with E-state index in [1.165, 1.54) is 51.8 Å². The predicted molar refractivity (Wildman–Crippen MR) is 153 cm³/mol. The van der Waals surface area contributed by atoms with Gasteiger partial charge in [0.15, 0.2) is 0 Å². The van der Waals surface area contributed by atoms with Crippen molar-refractivity contribution < 1.29 is 9.16 Å². The van der Waals surface area contributed by atoms with Crippen molar-refractivity contribution in [2.24, 2.45) is 0 Å². The van der Waals surface area contributed by atoms with Crippen LogP contribution in [0.1, 0.15) is 80.1 Å². The molecule has 0 aliphatic carbocycles. The molecule has 0 saturated carbocycles. The maximum atomic E-state index is 6.89. The monoisotopic (exact) mass is 602 g/mol. The van der Waals surface area contributed by atoms with Gasteiger partial charge in [0.1, 0.15) is 0 Å². The van der Waals surface area contributed by atoms with E-state index in [4.69, 9.17) is 20.8 Å². The van der Waals surface area contributed by atoms with Gasteiger partial charge in [0.2, 0.25) is 0 Å². The Morgan fingerprint density at radius 3 is 1.97 bits per heavy atom. The molecule has 0 aliphatic rings. The van der Waals surface area contributed by atoms with Crippen LogP contribution in [-0.4, -0.2) is 39.4 Å². The number of rotatable bonds is 16. The van der Waals surface area contributed by atoms with E-state index in [2.05, 4.69) is 64.8 Å². The van der Waals surface area contributed by atoms with Gasteiger partial charge in [0.25, 0.3) is 0 Å². The molecular formula is C28H51ClO2SiSn. The summed E-state index contributed by atoms with van der Waals surface area (Å²) >= 11 is 3.80. The van der Waals surface area contributed by atoms with Crippen molar-refractivity contribution in [3.05, 3.63) is 39.5 Å². The van der Waals surface area contributed by atoms with E-state index in [1.807, 2.05) is 24.3 Å². The molecule has 33 heavy (non-hydrogen) atoms. The molecule has 0 heterocycles. The van der Waals surface area contributed by atoms with Crippen LogP contribution in [0.25, 0.3) is 0 Å². The summed E-state index contributed by atoms with van der Waals surface area (Å²) in [6, 6.07) is 7.70. The average molecular weight is 602 g/mol. The second kappa shape index (κ2) is 15.2. The molecule has 0 amide bonds. The fourth-order valence-electron chi connectivity index (χ4n) is 3.94. The quantitative estimate of drug-likeness (QED) is 0.176. The van der Waals surface area contributed by atoms with Crippen molar-refractivity contribution in [3.63, 3.8) is 0 Å². The second-order valence-corrected chi connectivity index (χ2v) is 29.4. The Labute approximate surface area is 215 Å². The van der Waals surface area contributed by atoms with E-state index in [0.29, 0.717) is 11.6 Å². The summed E-state index contributed by atoms with van der Waals surface area (Å²) in [5, 5.41) is 0.876. The summed E-state index contributed by atoms with van der Waals surface area (Å²) in [6.07, 6.45) is 10.4. The number of hydrogen-bond acceptors (Lipinski definition) is 2. The molecule has 0 bridgehead atoms. The van der Waals surface area contributed by atoms with Gasteiger partial charge in [-0.15, -0.1) is 0 Å². The summed E-state index contributed by atoms with van der Waals surface area (Å²) in [5.74, 6) is 0.817. The summed E-state index contributed by atoms with van der Waals surface area (Å²) in [4.78, 5) is 0. The van der Waals surface area contributed by atoms with Crippen LogP contribution in [-0.2, 0) is 4.43 Å². The molecule has 1 aromatic rings. The van der Waals surface area contributed by atoms with Crippen LogP contribution in [0, 0.1) is 0 Å². The molecule has 0 aliphatic heterocycles. The molecule has 0 N–H and O–H groups in total. The van der Waals surface area contributed by atoms with E-state index < -0.39 is 26.7 Å². The van der Waals surface area contributed by atoms with Crippen LogP contribution in [0.2, 0.25) is 36.5 Å². The van der Waals surface area contributed by atoms with Gasteiger partial charge in [-0.2, -0.15) is 0 Å². The third-order valence-electron chi connectivity index (χ3n) is 7.21. The van der Waals surface area contributed by atoms with E-state index in [0.717, 1.165) is 5.75 Å². The Morgan fingerprint density at radius 2 is 1.52 bits per heavy atom. The van der Waals surface area contributed by atoms with Gasteiger partial charge in [-0.25, -0.2) is 0 Å². The molecule has 1 aromatic carbocycles. The van der Waals surface area contributed by atoms with E-state index in [1.54, 1.807) is 0 Å². The number of hydrogen-bond donors (Lipinski definition) is 0. The summed E-state index contributed by atoms with van der Waals surface area (Å²) in [5.41, 5.74) is 0. The van der Waals surface area contributed by atoms with Crippen molar-refractivity contribution in [2.45, 2.75) is 118 Å². The van der Waals surface area contributed by atoms with E-state index >= 15 is 0 Å². The first-order valence-corrected chi connectivity index (χ1v) is 24.2. The molecule has 0 aromatic heterocycles. The zero-order chi connectivity index (χ0) is 25.0. The van der Waals surface area contributed by atoms with Crippen LogP contribution >= 0.6 is 11.6 Å². The number of ether oxygens (including phenoxy) is 1. The Kier molecular flexibility index (Phi) is 14.3. The van der Waals surface area contributed by atoms with Crippen molar-refractivity contribution in [3.8, 4) is 5.75 Å². The Morgan fingerprint density at radius 1 is 0.970 bits per heavy atom. The molecule has 0 radical (unpaired) electrons. The average Bonchev–Trinajstić information content (AvgIpc) is 2.75. The SMILES string of the molecule is CCC[CH2][Sn](/[CH]=C/[C@H](COc1cccc(Cl)c1)O[Si](C)(C)C(C)(C)C)([CH2]CCC)[CH2]CCC. The minimum absolute atomic E-state index is 0.00849. The first-order chi connectivity index (χ1) is 15.5. The molecule has 1 atom stereocenters. The Balaban J connectivity index is 3.18. The summed E-state index contributed by atoms with van der Waals surface area (Å²) in [7, 11) is -1.92. The predicted octanol–water partition coefficient (Wildman–Crippen LogP) is 10.1. The van der Waals surface area contributed by atoms with Gasteiger partial charge >= 0.3 is 217 Å². The third kappa shape index (κ3) is 11.5. The zero-order valence-corrected chi connectivity index (χ0v) is 27.4. The topological polar surface area (TPSA) is 18.5 Å². The maximum absolute atomic E-state index is 6.89. The van der Waals surface area contributed by atoms with Crippen LogP contribution in [0.3, 0.4) is 0 Å². The van der Waals surface area contributed by atoms with Gasteiger partial charge in [0.05, 0.1) is 0 Å². The van der Waals surface area contributed by atoms with Crippen LogP contribution in [0.4, 0.5) is 0 Å². The summed E-state index contributed by atoms with van der Waals surface area (Å²) in [6.45, 7) is 19.2. The van der Waals surface area contributed by atoms with Crippen LogP contribution in [0.5, 0.6) is 5.75 Å². The van der Waals surface area contributed by atoms with Gasteiger partial charge in [-0.05, 0) is 0 Å². The van der Waals surface area contributed by atoms with Crippen molar-refractivity contribution >= 4 is 38.3 Å². The normalized spacial score (nSPS) is 14.1. The first-order valence-electron chi connectivity index (χ1n) is 13.2. The summed E-state index contributed by atoms with van der Waals surface area (Å²) < 4.78 is 20.3. The molecule has 5 heteroatoms. The van der Waals surface area contributed by atoms with Gasteiger partial charge < -0.3 is 0 Å². The van der Waals surface area contributed by atoms with E-state index in [-0.39, 0.29) is 11.1 Å². The first kappa shape index (κ1) is 31.1. The minimum atomic E-state index is -2.38. The van der Waals surface area contributed by atoms with Gasteiger partial charge in [-0.3, -0.25) is 0 Å². The molecule has 0 fully saturated rings. The fraction of sp³-hybridized carbons (Fsp3) is 0.714. The van der Waals surface area contributed by atoms with Crippen LogP contribution in [0.15, 0.2) is 34.4 Å². The standard InChI is InChI=1S/C16H24ClO2Si.3C4H9.Sn/c1-7-14(19-20(5,6)16(2,3)4)12-18-15-10-8-9-13(17)11-15;3*1-3-4-2;/h1,7-11,14H,12H2,2-6H3;3*1,3-4H2,2H3;/t14-;;;;/m1..../s1. The molecule has 2 nitrogen and oxygen atoms in total. The molecule has 0 spiro atoms. The Bertz CT molecular complexity index is 678. The zero-order valence-electron chi connectivity index (χ0n) is 22.8. The molecule has 1 rings (SSSR count). The van der Waals surface area contributed by atoms with Crippen molar-refractivity contribution in [1.29, 1.82) is 0 Å². The van der Waals surface area contributed by atoms with Gasteiger partial charge in [-0.1, -0.05) is 0 Å². The van der Waals surface area contributed by atoms with Crippen LogP contribution < -0.4 is 4.74 Å². The van der Waals surface area contributed by atoms with Crippen molar-refractivity contribution in [1.82, 2.24) is 0 Å². The number of halogens is 1. The fourth-order valence-corrected chi connectivity index (χ4v) is 19.8. The number of benzene rings is 1. The molecule has 190 valence electrons.